The summed E-state index contributed by atoms with van der Waals surface area (Å²) in [5.41, 5.74) is 8.23. The van der Waals surface area contributed by atoms with Gasteiger partial charge in [0.05, 0.1) is 6.61 Å². The Labute approximate surface area is 123 Å². The number of rotatable bonds is 7. The smallest absolute Gasteiger partial charge is 0.119 e. The van der Waals surface area contributed by atoms with Gasteiger partial charge in [0.2, 0.25) is 0 Å². The van der Waals surface area contributed by atoms with Gasteiger partial charge in [0.15, 0.2) is 0 Å². The maximum absolute atomic E-state index is 6.08. The zero-order chi connectivity index (χ0) is 14.4. The molecule has 110 valence electrons. The Morgan fingerprint density at radius 2 is 2.10 bits per heavy atom. The maximum atomic E-state index is 6.08. The van der Waals surface area contributed by atoms with E-state index in [9.17, 15) is 0 Å². The molecule has 1 aliphatic carbocycles. The van der Waals surface area contributed by atoms with Gasteiger partial charge >= 0.3 is 0 Å². The average molecular weight is 273 g/mol. The van der Waals surface area contributed by atoms with Crippen molar-refractivity contribution in [2.75, 3.05) is 13.2 Å². The first kappa shape index (κ1) is 15.1. The minimum atomic E-state index is 0.407. The molecule has 0 bridgehead atoms. The highest BCUT2D eigenvalue weighted by Crippen LogP contribution is 2.41. The molecule has 1 aromatic rings. The van der Waals surface area contributed by atoms with Crippen LogP contribution in [0.1, 0.15) is 51.0 Å². The number of hydrogen-bond acceptors (Lipinski definition) is 2. The van der Waals surface area contributed by atoms with Crippen LogP contribution < -0.4 is 10.5 Å². The van der Waals surface area contributed by atoms with Crippen molar-refractivity contribution in [1.82, 2.24) is 0 Å². The first-order valence-corrected chi connectivity index (χ1v) is 7.80. The third-order valence-corrected chi connectivity index (χ3v) is 4.65. The van der Waals surface area contributed by atoms with Crippen molar-refractivity contribution in [3.05, 3.63) is 36.4 Å². The monoisotopic (exact) mass is 273 g/mol. The lowest BCUT2D eigenvalue weighted by Crippen LogP contribution is -2.24. The van der Waals surface area contributed by atoms with E-state index >= 15 is 0 Å². The Morgan fingerprint density at radius 1 is 1.35 bits per heavy atom. The summed E-state index contributed by atoms with van der Waals surface area (Å²) >= 11 is 0. The van der Waals surface area contributed by atoms with Gasteiger partial charge in [-0.3, -0.25) is 0 Å². The third kappa shape index (κ3) is 3.63. The standard InChI is InChI=1S/C18H27NO/c1-3-18(10-4-5-11-18)14-20-17-8-6-7-16(13-17)15(2)9-12-19/h6-8,13H,2-5,9-12,14,19H2,1H3. The fraction of sp³-hybridized carbons (Fsp3) is 0.556. The van der Waals surface area contributed by atoms with Gasteiger partial charge in [-0.05, 0) is 55.5 Å². The van der Waals surface area contributed by atoms with Crippen LogP contribution in [0.4, 0.5) is 0 Å². The van der Waals surface area contributed by atoms with E-state index in [2.05, 4.69) is 25.6 Å². The number of benzene rings is 1. The highest BCUT2D eigenvalue weighted by Gasteiger charge is 2.32. The van der Waals surface area contributed by atoms with Crippen LogP contribution in [-0.2, 0) is 0 Å². The summed E-state index contributed by atoms with van der Waals surface area (Å²) < 4.78 is 6.08. The molecule has 0 spiro atoms. The predicted molar refractivity (Wildman–Crippen MR) is 85.8 cm³/mol. The molecule has 1 saturated carbocycles. The van der Waals surface area contributed by atoms with Crippen molar-refractivity contribution in [3.63, 3.8) is 0 Å². The molecule has 0 atom stereocenters. The molecule has 20 heavy (non-hydrogen) atoms. The van der Waals surface area contributed by atoms with Crippen LogP contribution >= 0.6 is 0 Å². The molecule has 1 aromatic carbocycles. The normalized spacial score (nSPS) is 17.1. The van der Waals surface area contributed by atoms with Crippen LogP contribution in [0.3, 0.4) is 0 Å². The van der Waals surface area contributed by atoms with Crippen molar-refractivity contribution in [2.45, 2.75) is 45.4 Å². The van der Waals surface area contributed by atoms with Gasteiger partial charge in [-0.2, -0.15) is 0 Å². The fourth-order valence-electron chi connectivity index (χ4n) is 3.09. The number of ether oxygens (including phenoxy) is 1. The summed E-state index contributed by atoms with van der Waals surface area (Å²) in [5, 5.41) is 0. The van der Waals surface area contributed by atoms with Crippen LogP contribution in [0, 0.1) is 5.41 Å². The van der Waals surface area contributed by atoms with Gasteiger partial charge in [-0.1, -0.05) is 38.5 Å². The summed E-state index contributed by atoms with van der Waals surface area (Å²) in [7, 11) is 0. The van der Waals surface area contributed by atoms with Crippen LogP contribution in [-0.4, -0.2) is 13.2 Å². The fourth-order valence-corrected chi connectivity index (χ4v) is 3.09. The molecule has 1 fully saturated rings. The summed E-state index contributed by atoms with van der Waals surface area (Å²) in [6.07, 6.45) is 7.37. The van der Waals surface area contributed by atoms with Crippen LogP contribution in [0.25, 0.3) is 5.57 Å². The van der Waals surface area contributed by atoms with E-state index in [1.165, 1.54) is 32.1 Å². The minimum Gasteiger partial charge on any atom is -0.493 e. The molecule has 0 aliphatic heterocycles. The maximum Gasteiger partial charge on any atom is 0.119 e. The van der Waals surface area contributed by atoms with E-state index in [1.54, 1.807) is 0 Å². The second kappa shape index (κ2) is 6.94. The van der Waals surface area contributed by atoms with Crippen molar-refractivity contribution >= 4 is 5.57 Å². The molecule has 2 N–H and O–H groups in total. The molecule has 2 rings (SSSR count). The zero-order valence-corrected chi connectivity index (χ0v) is 12.7. The average Bonchev–Trinajstić information content (AvgIpc) is 2.95. The lowest BCUT2D eigenvalue weighted by atomic mass is 9.84. The van der Waals surface area contributed by atoms with Gasteiger partial charge in [0, 0.05) is 5.41 Å². The van der Waals surface area contributed by atoms with Crippen LogP contribution in [0.2, 0.25) is 0 Å². The van der Waals surface area contributed by atoms with Gasteiger partial charge in [-0.15, -0.1) is 0 Å². The van der Waals surface area contributed by atoms with E-state index in [1.807, 2.05) is 12.1 Å². The quantitative estimate of drug-likeness (QED) is 0.799. The Balaban J connectivity index is 1.99. The number of nitrogens with two attached hydrogens (primary N) is 1. The van der Waals surface area contributed by atoms with E-state index in [4.69, 9.17) is 10.5 Å². The van der Waals surface area contributed by atoms with E-state index in [0.717, 1.165) is 29.9 Å². The van der Waals surface area contributed by atoms with E-state index in [0.29, 0.717) is 12.0 Å². The van der Waals surface area contributed by atoms with E-state index < -0.39 is 0 Å². The second-order valence-electron chi connectivity index (χ2n) is 6.02. The Hall–Kier alpha value is -1.28. The molecule has 0 radical (unpaired) electrons. The summed E-state index contributed by atoms with van der Waals surface area (Å²) in [5.74, 6) is 0.959. The highest BCUT2D eigenvalue weighted by atomic mass is 16.5. The summed E-state index contributed by atoms with van der Waals surface area (Å²) in [6.45, 7) is 7.86. The van der Waals surface area contributed by atoms with Crippen molar-refractivity contribution in [1.29, 1.82) is 0 Å². The molecule has 2 heteroatoms. The molecular formula is C18H27NO. The van der Waals surface area contributed by atoms with Crippen molar-refractivity contribution in [2.24, 2.45) is 11.1 Å². The lowest BCUT2D eigenvalue weighted by Gasteiger charge is -2.27. The minimum absolute atomic E-state index is 0.407. The molecule has 1 aliphatic rings. The number of hydrogen-bond donors (Lipinski definition) is 1. The molecule has 0 heterocycles. The van der Waals surface area contributed by atoms with Gasteiger partial charge < -0.3 is 10.5 Å². The Kier molecular flexibility index (Phi) is 5.24. The van der Waals surface area contributed by atoms with Crippen LogP contribution in [0.15, 0.2) is 30.8 Å². The topological polar surface area (TPSA) is 35.2 Å². The largest absolute Gasteiger partial charge is 0.493 e. The molecule has 0 unspecified atom stereocenters. The molecule has 2 nitrogen and oxygen atoms in total. The zero-order valence-electron chi connectivity index (χ0n) is 12.7. The molecule has 0 amide bonds. The summed E-state index contributed by atoms with van der Waals surface area (Å²) in [4.78, 5) is 0. The van der Waals surface area contributed by atoms with Crippen LogP contribution in [0.5, 0.6) is 5.75 Å². The van der Waals surface area contributed by atoms with Crippen molar-refractivity contribution < 1.29 is 4.74 Å². The molecular weight excluding hydrogens is 246 g/mol. The van der Waals surface area contributed by atoms with Crippen molar-refractivity contribution in [3.8, 4) is 5.75 Å². The first-order chi connectivity index (χ1) is 9.69. The SMILES string of the molecule is C=C(CCN)c1cccc(OCC2(CC)CCCC2)c1. The second-order valence-corrected chi connectivity index (χ2v) is 6.02. The predicted octanol–water partition coefficient (Wildman–Crippen LogP) is 4.40. The lowest BCUT2D eigenvalue weighted by molar-refractivity contribution is 0.144. The molecule has 0 saturated heterocycles. The third-order valence-electron chi connectivity index (χ3n) is 4.65. The molecule has 0 aromatic heterocycles. The van der Waals surface area contributed by atoms with Gasteiger partial charge in [0.25, 0.3) is 0 Å². The van der Waals surface area contributed by atoms with E-state index in [-0.39, 0.29) is 0 Å². The Bertz CT molecular complexity index is 446. The Morgan fingerprint density at radius 3 is 2.75 bits per heavy atom. The highest BCUT2D eigenvalue weighted by molar-refractivity contribution is 5.64. The summed E-state index contributed by atoms with van der Waals surface area (Å²) in [6, 6.07) is 8.25. The van der Waals surface area contributed by atoms with Gasteiger partial charge in [-0.25, -0.2) is 0 Å². The van der Waals surface area contributed by atoms with Gasteiger partial charge in [0.1, 0.15) is 5.75 Å². The first-order valence-electron chi connectivity index (χ1n) is 7.80.